The van der Waals surface area contributed by atoms with Crippen LogP contribution in [0.15, 0.2) is 42.6 Å². The first kappa shape index (κ1) is 20.4. The molecule has 2 rings (SSSR count). The van der Waals surface area contributed by atoms with Gasteiger partial charge in [-0.15, -0.1) is 0 Å². The number of carbonyl (C=O) groups excluding carboxylic acids is 2. The molecule has 0 saturated heterocycles. The molecule has 144 valence electrons. The third kappa shape index (κ3) is 6.73. The van der Waals surface area contributed by atoms with E-state index in [1.807, 2.05) is 0 Å². The number of benzene rings is 1. The third-order valence-electron chi connectivity index (χ3n) is 4.01. The van der Waals surface area contributed by atoms with Crippen molar-refractivity contribution in [1.29, 1.82) is 0 Å². The fraction of sp³-hybridized carbons (Fsp3) is 0.381. The second kappa shape index (κ2) is 11.0. The largest absolute Gasteiger partial charge is 0.494 e. The Balaban J connectivity index is 1.80. The van der Waals surface area contributed by atoms with Crippen LogP contribution in [0.3, 0.4) is 0 Å². The molecule has 1 N–H and O–H groups in total. The number of hydrogen-bond donors (Lipinski definition) is 1. The molecule has 0 aliphatic rings. The molecule has 0 atom stereocenters. The quantitative estimate of drug-likeness (QED) is 0.472. The third-order valence-corrected chi connectivity index (χ3v) is 4.01. The number of ether oxygens (including phenoxy) is 2. The van der Waals surface area contributed by atoms with Crippen LogP contribution in [0.25, 0.3) is 0 Å². The Labute approximate surface area is 159 Å². The molecule has 0 bridgehead atoms. The van der Waals surface area contributed by atoms with E-state index in [1.165, 1.54) is 7.11 Å². The van der Waals surface area contributed by atoms with Crippen molar-refractivity contribution in [3.05, 3.63) is 48.2 Å². The lowest BCUT2D eigenvalue weighted by Crippen LogP contribution is -2.14. The lowest BCUT2D eigenvalue weighted by molar-refractivity contribution is -0.116. The van der Waals surface area contributed by atoms with Crippen molar-refractivity contribution in [3.8, 4) is 11.6 Å². The Bertz CT molecular complexity index is 744. The Morgan fingerprint density at radius 3 is 2.56 bits per heavy atom. The summed E-state index contributed by atoms with van der Waals surface area (Å²) in [7, 11) is 1.48. The Hall–Kier alpha value is -2.89. The van der Waals surface area contributed by atoms with Gasteiger partial charge in [-0.25, -0.2) is 4.98 Å². The molecule has 0 saturated carbocycles. The SMILES string of the molecule is CCCCCOc1ccc(C(=O)CCC(=O)Nc2cccnc2OC)cc1. The lowest BCUT2D eigenvalue weighted by Gasteiger charge is -2.09. The summed E-state index contributed by atoms with van der Waals surface area (Å²) in [5, 5.41) is 2.71. The molecule has 0 aliphatic heterocycles. The maximum Gasteiger partial charge on any atom is 0.237 e. The second-order valence-corrected chi connectivity index (χ2v) is 6.11. The van der Waals surface area contributed by atoms with Crippen molar-refractivity contribution < 1.29 is 19.1 Å². The molecule has 6 nitrogen and oxygen atoms in total. The molecule has 0 unspecified atom stereocenters. The number of aromatic nitrogens is 1. The normalized spacial score (nSPS) is 10.3. The summed E-state index contributed by atoms with van der Waals surface area (Å²) in [5.41, 5.74) is 1.06. The van der Waals surface area contributed by atoms with Crippen LogP contribution in [0.2, 0.25) is 0 Å². The van der Waals surface area contributed by atoms with Gasteiger partial charge in [0, 0.05) is 24.6 Å². The molecule has 6 heteroatoms. The number of amides is 1. The summed E-state index contributed by atoms with van der Waals surface area (Å²) >= 11 is 0. The molecular weight excluding hydrogens is 344 g/mol. The lowest BCUT2D eigenvalue weighted by atomic mass is 10.1. The molecular formula is C21H26N2O4. The number of pyridine rings is 1. The minimum Gasteiger partial charge on any atom is -0.494 e. The van der Waals surface area contributed by atoms with Crippen LogP contribution < -0.4 is 14.8 Å². The van der Waals surface area contributed by atoms with Crippen molar-refractivity contribution in [2.45, 2.75) is 39.0 Å². The highest BCUT2D eigenvalue weighted by atomic mass is 16.5. The van der Waals surface area contributed by atoms with Gasteiger partial charge >= 0.3 is 0 Å². The standard InChI is InChI=1S/C21H26N2O4/c1-3-4-5-15-27-17-10-8-16(9-11-17)19(24)12-13-20(25)23-18-7-6-14-22-21(18)26-2/h6-11,14H,3-5,12-13,15H2,1-2H3,(H,23,25). The van der Waals surface area contributed by atoms with Gasteiger partial charge in [-0.2, -0.15) is 0 Å². The minimum absolute atomic E-state index is 0.0826. The van der Waals surface area contributed by atoms with E-state index in [9.17, 15) is 9.59 Å². The fourth-order valence-corrected chi connectivity index (χ4v) is 2.51. The average Bonchev–Trinajstić information content (AvgIpc) is 2.70. The predicted molar refractivity (Wildman–Crippen MR) is 104 cm³/mol. The van der Waals surface area contributed by atoms with E-state index in [0.717, 1.165) is 25.0 Å². The summed E-state index contributed by atoms with van der Waals surface area (Å²) in [4.78, 5) is 28.4. The van der Waals surface area contributed by atoms with Crippen molar-refractivity contribution >= 4 is 17.4 Å². The Morgan fingerprint density at radius 1 is 1.07 bits per heavy atom. The monoisotopic (exact) mass is 370 g/mol. The van der Waals surface area contributed by atoms with E-state index >= 15 is 0 Å². The highest BCUT2D eigenvalue weighted by Crippen LogP contribution is 2.20. The number of nitrogens with zero attached hydrogens (tertiary/aromatic N) is 1. The fourth-order valence-electron chi connectivity index (χ4n) is 2.51. The number of Topliss-reactive ketones (excluding diaryl/α,β-unsaturated/α-hetero) is 1. The molecule has 0 aliphatic carbocycles. The second-order valence-electron chi connectivity index (χ2n) is 6.11. The molecule has 0 spiro atoms. The first-order valence-corrected chi connectivity index (χ1v) is 9.19. The van der Waals surface area contributed by atoms with Gasteiger partial charge in [-0.3, -0.25) is 9.59 Å². The number of carbonyl (C=O) groups is 2. The summed E-state index contributed by atoms with van der Waals surface area (Å²) in [5.74, 6) is 0.752. The van der Waals surface area contributed by atoms with Crippen molar-refractivity contribution in [2.75, 3.05) is 19.0 Å². The van der Waals surface area contributed by atoms with Gasteiger partial charge in [-0.1, -0.05) is 19.8 Å². The maximum absolute atomic E-state index is 12.3. The van der Waals surface area contributed by atoms with Crippen LogP contribution in [0.4, 0.5) is 5.69 Å². The van der Waals surface area contributed by atoms with Gasteiger partial charge in [-0.05, 0) is 42.8 Å². The van der Waals surface area contributed by atoms with Gasteiger partial charge in [0.15, 0.2) is 5.78 Å². The van der Waals surface area contributed by atoms with E-state index in [-0.39, 0.29) is 24.5 Å². The summed E-state index contributed by atoms with van der Waals surface area (Å²) < 4.78 is 10.7. The summed E-state index contributed by atoms with van der Waals surface area (Å²) in [6, 6.07) is 10.5. The van der Waals surface area contributed by atoms with Crippen molar-refractivity contribution in [2.24, 2.45) is 0 Å². The van der Waals surface area contributed by atoms with E-state index < -0.39 is 0 Å². The smallest absolute Gasteiger partial charge is 0.237 e. The zero-order valence-corrected chi connectivity index (χ0v) is 15.9. The molecule has 1 aromatic carbocycles. The Morgan fingerprint density at radius 2 is 1.85 bits per heavy atom. The van der Waals surface area contributed by atoms with Gasteiger partial charge in [0.2, 0.25) is 11.8 Å². The molecule has 0 fully saturated rings. The first-order chi connectivity index (χ1) is 13.1. The molecule has 1 aromatic heterocycles. The highest BCUT2D eigenvalue weighted by molar-refractivity contribution is 6.00. The van der Waals surface area contributed by atoms with Crippen molar-refractivity contribution in [1.82, 2.24) is 4.98 Å². The number of unbranched alkanes of at least 4 members (excludes halogenated alkanes) is 2. The number of anilines is 1. The minimum atomic E-state index is -0.259. The van der Waals surface area contributed by atoms with Gasteiger partial charge in [0.1, 0.15) is 11.4 Å². The van der Waals surface area contributed by atoms with Gasteiger partial charge < -0.3 is 14.8 Å². The van der Waals surface area contributed by atoms with Crippen molar-refractivity contribution in [3.63, 3.8) is 0 Å². The van der Waals surface area contributed by atoms with Crippen LogP contribution in [0.1, 0.15) is 49.4 Å². The van der Waals surface area contributed by atoms with E-state index in [4.69, 9.17) is 9.47 Å². The molecule has 2 aromatic rings. The summed E-state index contributed by atoms with van der Waals surface area (Å²) in [6.45, 7) is 2.83. The van der Waals surface area contributed by atoms with Crippen LogP contribution >= 0.6 is 0 Å². The number of hydrogen-bond acceptors (Lipinski definition) is 5. The van der Waals surface area contributed by atoms with Crippen LogP contribution in [-0.2, 0) is 4.79 Å². The highest BCUT2D eigenvalue weighted by Gasteiger charge is 2.12. The average molecular weight is 370 g/mol. The molecule has 0 radical (unpaired) electrons. The van der Waals surface area contributed by atoms with Gasteiger partial charge in [0.25, 0.3) is 0 Å². The zero-order chi connectivity index (χ0) is 19.5. The summed E-state index contributed by atoms with van der Waals surface area (Å²) in [6.07, 6.45) is 5.11. The van der Waals surface area contributed by atoms with E-state index in [1.54, 1.807) is 42.6 Å². The Kier molecular flexibility index (Phi) is 8.29. The maximum atomic E-state index is 12.3. The van der Waals surface area contributed by atoms with E-state index in [2.05, 4.69) is 17.2 Å². The number of methoxy groups -OCH3 is 1. The van der Waals surface area contributed by atoms with Crippen LogP contribution in [0.5, 0.6) is 11.6 Å². The van der Waals surface area contributed by atoms with Gasteiger partial charge in [0.05, 0.1) is 13.7 Å². The topological polar surface area (TPSA) is 77.5 Å². The molecule has 1 heterocycles. The van der Waals surface area contributed by atoms with Crippen LogP contribution in [0, 0.1) is 0 Å². The number of nitrogens with one attached hydrogen (secondary N) is 1. The van der Waals surface area contributed by atoms with E-state index in [0.29, 0.717) is 23.7 Å². The zero-order valence-electron chi connectivity index (χ0n) is 15.9. The number of ketones is 1. The first-order valence-electron chi connectivity index (χ1n) is 9.19. The molecule has 27 heavy (non-hydrogen) atoms. The van der Waals surface area contributed by atoms with Crippen LogP contribution in [-0.4, -0.2) is 30.4 Å². The molecule has 1 amide bonds. The predicted octanol–water partition coefficient (Wildman–Crippen LogP) is 4.26. The number of rotatable bonds is 11.